The zero-order valence-electron chi connectivity index (χ0n) is 13.3. The van der Waals surface area contributed by atoms with E-state index in [0.29, 0.717) is 11.4 Å². The molecule has 0 amide bonds. The van der Waals surface area contributed by atoms with E-state index in [2.05, 4.69) is 41.3 Å². The van der Waals surface area contributed by atoms with E-state index in [-0.39, 0.29) is 17.6 Å². The molecule has 0 saturated carbocycles. The number of hydrogen-bond acceptors (Lipinski definition) is 3. The number of rotatable bonds is 4. The molecule has 4 heteroatoms. The summed E-state index contributed by atoms with van der Waals surface area (Å²) >= 11 is 0. The number of aromatic nitrogens is 2. The summed E-state index contributed by atoms with van der Waals surface area (Å²) in [6.45, 7) is 9.90. The summed E-state index contributed by atoms with van der Waals surface area (Å²) in [4.78, 5) is 19.3. The molecule has 112 valence electrons. The lowest BCUT2D eigenvalue weighted by Crippen LogP contribution is -2.30. The van der Waals surface area contributed by atoms with Crippen molar-refractivity contribution in [1.82, 2.24) is 15.3 Å². The summed E-state index contributed by atoms with van der Waals surface area (Å²) in [7, 11) is 0. The van der Waals surface area contributed by atoms with Gasteiger partial charge in [-0.05, 0) is 45.7 Å². The molecule has 0 aliphatic rings. The number of benzene rings is 1. The van der Waals surface area contributed by atoms with Crippen LogP contribution in [0, 0.1) is 20.8 Å². The van der Waals surface area contributed by atoms with Crippen molar-refractivity contribution in [2.24, 2.45) is 0 Å². The summed E-state index contributed by atoms with van der Waals surface area (Å²) in [5.41, 5.74) is 3.93. The van der Waals surface area contributed by atoms with Gasteiger partial charge in [-0.25, -0.2) is 4.98 Å². The maximum absolute atomic E-state index is 12.2. The van der Waals surface area contributed by atoms with Gasteiger partial charge in [0.05, 0.1) is 5.56 Å². The number of nitrogens with one attached hydrogen (secondary N) is 2. The fourth-order valence-corrected chi connectivity index (χ4v) is 2.87. The third kappa shape index (κ3) is 3.39. The van der Waals surface area contributed by atoms with Crippen LogP contribution in [0.15, 0.2) is 29.1 Å². The molecular formula is C17H23N3O. The minimum absolute atomic E-state index is 0.0583. The van der Waals surface area contributed by atoms with E-state index in [0.717, 1.165) is 5.69 Å². The second-order valence-electron chi connectivity index (χ2n) is 5.62. The topological polar surface area (TPSA) is 57.8 Å². The van der Waals surface area contributed by atoms with E-state index in [1.807, 2.05) is 26.0 Å². The first-order valence-corrected chi connectivity index (χ1v) is 7.29. The van der Waals surface area contributed by atoms with Gasteiger partial charge < -0.3 is 10.3 Å². The molecule has 0 fully saturated rings. The highest BCUT2D eigenvalue weighted by Gasteiger charge is 2.17. The van der Waals surface area contributed by atoms with Crippen LogP contribution in [-0.2, 0) is 0 Å². The van der Waals surface area contributed by atoms with Crippen LogP contribution in [0.3, 0.4) is 0 Å². The summed E-state index contributed by atoms with van der Waals surface area (Å²) in [6.07, 6.45) is 0. The summed E-state index contributed by atoms with van der Waals surface area (Å²) < 4.78 is 0. The van der Waals surface area contributed by atoms with Gasteiger partial charge >= 0.3 is 0 Å². The molecule has 0 radical (unpaired) electrons. The predicted octanol–water partition coefficient (Wildman–Crippen LogP) is 3.11. The molecule has 0 spiro atoms. The molecule has 2 N–H and O–H groups in total. The fraction of sp³-hybridized carbons (Fsp3) is 0.412. The van der Waals surface area contributed by atoms with Gasteiger partial charge in [-0.2, -0.15) is 0 Å². The molecule has 1 unspecified atom stereocenters. The Morgan fingerprint density at radius 3 is 2.38 bits per heavy atom. The highest BCUT2D eigenvalue weighted by atomic mass is 16.1. The molecule has 4 nitrogen and oxygen atoms in total. The monoisotopic (exact) mass is 285 g/mol. The number of H-pyrrole nitrogens is 1. The predicted molar refractivity (Wildman–Crippen MR) is 85.5 cm³/mol. The van der Waals surface area contributed by atoms with Gasteiger partial charge in [0.15, 0.2) is 0 Å². The van der Waals surface area contributed by atoms with E-state index in [9.17, 15) is 4.79 Å². The molecule has 0 bridgehead atoms. The quantitative estimate of drug-likeness (QED) is 0.907. The Labute approximate surface area is 125 Å². The zero-order chi connectivity index (χ0) is 15.6. The lowest BCUT2D eigenvalue weighted by atomic mass is 10.0. The normalized spacial score (nSPS) is 14.0. The van der Waals surface area contributed by atoms with E-state index in [4.69, 9.17) is 0 Å². The smallest absolute Gasteiger partial charge is 0.255 e. The molecule has 2 rings (SSSR count). The standard InChI is InChI=1S/C17H23N3O/c1-10-8-6-7-9-15(10)11(2)18-12(3)16-13(4)19-14(5)20-17(16)21/h6-9,11-12,18H,1-5H3,(H,19,20,21)/t11-,12?/m0/s1. The average Bonchev–Trinajstić information content (AvgIpc) is 2.37. The van der Waals surface area contributed by atoms with Crippen molar-refractivity contribution in [3.05, 3.63) is 62.8 Å². The third-order valence-corrected chi connectivity index (χ3v) is 3.85. The maximum atomic E-state index is 12.2. The first-order chi connectivity index (χ1) is 9.90. The number of aryl methyl sites for hydroxylation is 3. The van der Waals surface area contributed by atoms with Gasteiger partial charge in [0.1, 0.15) is 5.82 Å². The Kier molecular flexibility index (Phi) is 4.58. The third-order valence-electron chi connectivity index (χ3n) is 3.85. The van der Waals surface area contributed by atoms with Crippen LogP contribution in [0.2, 0.25) is 0 Å². The van der Waals surface area contributed by atoms with Gasteiger partial charge in [0.2, 0.25) is 0 Å². The Morgan fingerprint density at radius 1 is 1.10 bits per heavy atom. The molecule has 1 heterocycles. The molecule has 0 aliphatic carbocycles. The fourth-order valence-electron chi connectivity index (χ4n) is 2.87. The average molecular weight is 285 g/mol. The van der Waals surface area contributed by atoms with Crippen LogP contribution < -0.4 is 10.9 Å². The lowest BCUT2D eigenvalue weighted by Gasteiger charge is -2.22. The molecule has 0 aliphatic heterocycles. The Hall–Kier alpha value is -1.94. The van der Waals surface area contributed by atoms with E-state index >= 15 is 0 Å². The first-order valence-electron chi connectivity index (χ1n) is 7.29. The van der Waals surface area contributed by atoms with Gasteiger partial charge in [-0.15, -0.1) is 0 Å². The van der Waals surface area contributed by atoms with Crippen LogP contribution in [-0.4, -0.2) is 9.97 Å². The van der Waals surface area contributed by atoms with Crippen molar-refractivity contribution < 1.29 is 0 Å². The molecule has 2 aromatic rings. The molecule has 1 aromatic carbocycles. The SMILES string of the molecule is Cc1nc(C)c(C(C)N[C@@H](C)c2ccccc2C)c(=O)[nH]1. The van der Waals surface area contributed by atoms with Gasteiger partial charge in [0.25, 0.3) is 5.56 Å². The molecule has 1 aromatic heterocycles. The zero-order valence-corrected chi connectivity index (χ0v) is 13.3. The van der Waals surface area contributed by atoms with Crippen LogP contribution in [0.4, 0.5) is 0 Å². The summed E-state index contributed by atoms with van der Waals surface area (Å²) in [5.74, 6) is 0.653. The highest BCUT2D eigenvalue weighted by Crippen LogP contribution is 2.21. The minimum Gasteiger partial charge on any atom is -0.310 e. The summed E-state index contributed by atoms with van der Waals surface area (Å²) in [6, 6.07) is 8.40. The van der Waals surface area contributed by atoms with E-state index < -0.39 is 0 Å². The van der Waals surface area contributed by atoms with Crippen molar-refractivity contribution in [2.45, 2.75) is 46.7 Å². The first kappa shape index (κ1) is 15.4. The molecule has 0 saturated heterocycles. The maximum Gasteiger partial charge on any atom is 0.255 e. The number of nitrogens with zero attached hydrogens (tertiary/aromatic N) is 1. The van der Waals surface area contributed by atoms with Crippen LogP contribution in [0.5, 0.6) is 0 Å². The highest BCUT2D eigenvalue weighted by molar-refractivity contribution is 5.29. The molecular weight excluding hydrogens is 262 g/mol. The summed E-state index contributed by atoms with van der Waals surface area (Å²) in [5, 5.41) is 3.49. The van der Waals surface area contributed by atoms with Crippen molar-refractivity contribution in [1.29, 1.82) is 0 Å². The van der Waals surface area contributed by atoms with Gasteiger partial charge in [-0.1, -0.05) is 24.3 Å². The van der Waals surface area contributed by atoms with Gasteiger partial charge in [-0.3, -0.25) is 4.79 Å². The van der Waals surface area contributed by atoms with Crippen LogP contribution in [0.1, 0.15) is 54.1 Å². The van der Waals surface area contributed by atoms with Crippen molar-refractivity contribution in [3.8, 4) is 0 Å². The lowest BCUT2D eigenvalue weighted by molar-refractivity contribution is 0.486. The van der Waals surface area contributed by atoms with E-state index in [1.165, 1.54) is 11.1 Å². The van der Waals surface area contributed by atoms with Crippen molar-refractivity contribution in [3.63, 3.8) is 0 Å². The van der Waals surface area contributed by atoms with Gasteiger partial charge in [0, 0.05) is 17.8 Å². The Bertz CT molecular complexity index is 691. The molecule has 21 heavy (non-hydrogen) atoms. The van der Waals surface area contributed by atoms with Crippen LogP contribution in [0.25, 0.3) is 0 Å². The second kappa shape index (κ2) is 6.22. The van der Waals surface area contributed by atoms with E-state index in [1.54, 1.807) is 6.92 Å². The van der Waals surface area contributed by atoms with Crippen molar-refractivity contribution in [2.75, 3.05) is 0 Å². The minimum atomic E-state index is -0.0588. The molecule has 2 atom stereocenters. The Morgan fingerprint density at radius 2 is 1.76 bits per heavy atom. The number of hydrogen-bond donors (Lipinski definition) is 2. The Balaban J connectivity index is 2.25. The number of aromatic amines is 1. The van der Waals surface area contributed by atoms with Crippen LogP contribution >= 0.6 is 0 Å². The second-order valence-corrected chi connectivity index (χ2v) is 5.62. The largest absolute Gasteiger partial charge is 0.310 e. The van der Waals surface area contributed by atoms with Crippen molar-refractivity contribution >= 4 is 0 Å².